The summed E-state index contributed by atoms with van der Waals surface area (Å²) < 4.78 is 18.9. The Kier molecular flexibility index (Phi) is 9.70. The number of benzene rings is 1. The lowest BCUT2D eigenvalue weighted by molar-refractivity contribution is -0.122. The van der Waals surface area contributed by atoms with Gasteiger partial charge in [0.2, 0.25) is 5.91 Å². The van der Waals surface area contributed by atoms with Crippen LogP contribution in [0.25, 0.3) is 0 Å². The van der Waals surface area contributed by atoms with E-state index in [1.54, 1.807) is 0 Å². The number of carbonyl (C=O) groups excluding carboxylic acids is 2. The van der Waals surface area contributed by atoms with Gasteiger partial charge in [-0.15, -0.1) is 0 Å². The van der Waals surface area contributed by atoms with Crippen LogP contribution in [-0.4, -0.2) is 73.0 Å². The molecule has 8 nitrogen and oxygen atoms in total. The first-order valence-electron chi connectivity index (χ1n) is 11.6. The molecule has 0 spiro atoms. The van der Waals surface area contributed by atoms with Crippen molar-refractivity contribution in [2.24, 2.45) is 0 Å². The summed E-state index contributed by atoms with van der Waals surface area (Å²) in [7, 11) is 0. The van der Waals surface area contributed by atoms with Gasteiger partial charge >= 0.3 is 6.03 Å². The second kappa shape index (κ2) is 12.7. The Balaban J connectivity index is 1.33. The van der Waals surface area contributed by atoms with E-state index < -0.39 is 12.1 Å². The molecule has 3 amide bonds. The van der Waals surface area contributed by atoms with E-state index >= 15 is 0 Å². The SMILES string of the molecule is O=C(CCN1CCCCC1)NCC[C@H]1CC[C@H](NC(=O)Nc2ccc(F)cc2)[C@@H](CO)O1. The van der Waals surface area contributed by atoms with Gasteiger partial charge in [-0.05, 0) is 69.5 Å². The first-order chi connectivity index (χ1) is 15.5. The highest BCUT2D eigenvalue weighted by atomic mass is 19.1. The third kappa shape index (κ3) is 8.03. The summed E-state index contributed by atoms with van der Waals surface area (Å²) in [6, 6.07) is 4.75. The number of amides is 3. The molecule has 4 N–H and O–H groups in total. The van der Waals surface area contributed by atoms with Crippen molar-refractivity contribution in [2.45, 2.75) is 63.2 Å². The molecule has 2 aliphatic heterocycles. The van der Waals surface area contributed by atoms with E-state index in [0.717, 1.165) is 26.1 Å². The lowest BCUT2D eigenvalue weighted by Gasteiger charge is -2.36. The smallest absolute Gasteiger partial charge is 0.319 e. The van der Waals surface area contributed by atoms with Crippen LogP contribution in [0.15, 0.2) is 24.3 Å². The average molecular weight is 451 g/mol. The van der Waals surface area contributed by atoms with Gasteiger partial charge in [0.15, 0.2) is 0 Å². The summed E-state index contributed by atoms with van der Waals surface area (Å²) in [6.45, 7) is 3.31. The molecule has 0 bridgehead atoms. The lowest BCUT2D eigenvalue weighted by Crippen LogP contribution is -2.52. The molecular weight excluding hydrogens is 415 g/mol. The summed E-state index contributed by atoms with van der Waals surface area (Å²) in [5.74, 6) is -0.316. The minimum atomic E-state index is -0.512. The zero-order valence-corrected chi connectivity index (χ0v) is 18.5. The Morgan fingerprint density at radius 2 is 1.88 bits per heavy atom. The number of nitrogens with one attached hydrogen (secondary N) is 3. The maximum Gasteiger partial charge on any atom is 0.319 e. The number of hydrogen-bond donors (Lipinski definition) is 4. The van der Waals surface area contributed by atoms with Crippen molar-refractivity contribution in [3.05, 3.63) is 30.1 Å². The molecular formula is C23H35FN4O4. The first kappa shape index (κ1) is 24.4. The lowest BCUT2D eigenvalue weighted by atomic mass is 9.97. The highest BCUT2D eigenvalue weighted by Gasteiger charge is 2.31. The number of nitrogens with zero attached hydrogens (tertiary/aromatic N) is 1. The molecule has 9 heteroatoms. The van der Waals surface area contributed by atoms with Crippen LogP contribution in [0.3, 0.4) is 0 Å². The van der Waals surface area contributed by atoms with Crippen molar-refractivity contribution in [1.82, 2.24) is 15.5 Å². The Morgan fingerprint density at radius 1 is 1.12 bits per heavy atom. The number of urea groups is 1. The Morgan fingerprint density at radius 3 is 2.59 bits per heavy atom. The van der Waals surface area contributed by atoms with E-state index in [9.17, 15) is 19.1 Å². The van der Waals surface area contributed by atoms with E-state index in [-0.39, 0.29) is 30.5 Å². The molecule has 1 aromatic rings. The molecule has 0 radical (unpaired) electrons. The molecule has 0 saturated carbocycles. The van der Waals surface area contributed by atoms with Gasteiger partial charge in [-0.3, -0.25) is 4.79 Å². The van der Waals surface area contributed by atoms with Gasteiger partial charge in [-0.1, -0.05) is 6.42 Å². The van der Waals surface area contributed by atoms with Crippen molar-refractivity contribution in [2.75, 3.05) is 38.1 Å². The second-order valence-electron chi connectivity index (χ2n) is 8.56. The van der Waals surface area contributed by atoms with Crippen molar-refractivity contribution in [3.8, 4) is 0 Å². The highest BCUT2D eigenvalue weighted by molar-refractivity contribution is 5.89. The molecule has 1 aromatic carbocycles. The van der Waals surface area contributed by atoms with Crippen LogP contribution in [0.5, 0.6) is 0 Å². The second-order valence-corrected chi connectivity index (χ2v) is 8.56. The summed E-state index contributed by atoms with van der Waals surface area (Å²) in [5, 5.41) is 18.1. The van der Waals surface area contributed by atoms with Crippen LogP contribution < -0.4 is 16.0 Å². The minimum Gasteiger partial charge on any atom is -0.394 e. The fraction of sp³-hybridized carbons (Fsp3) is 0.652. The van der Waals surface area contributed by atoms with Gasteiger partial charge in [-0.25, -0.2) is 9.18 Å². The largest absolute Gasteiger partial charge is 0.394 e. The van der Waals surface area contributed by atoms with Gasteiger partial charge in [0.25, 0.3) is 0 Å². The van der Waals surface area contributed by atoms with Crippen molar-refractivity contribution in [1.29, 1.82) is 0 Å². The number of aliphatic hydroxyl groups excluding tert-OH is 1. The quantitative estimate of drug-likeness (QED) is 0.462. The third-order valence-electron chi connectivity index (χ3n) is 6.11. The normalized spacial score (nSPS) is 24.0. The number of piperidine rings is 1. The number of likely N-dealkylation sites (tertiary alicyclic amines) is 1. The van der Waals surface area contributed by atoms with Crippen LogP contribution in [-0.2, 0) is 9.53 Å². The maximum absolute atomic E-state index is 13.0. The van der Waals surface area contributed by atoms with E-state index in [1.165, 1.54) is 43.5 Å². The number of ether oxygens (including phenoxy) is 1. The van der Waals surface area contributed by atoms with Crippen molar-refractivity contribution < 1.29 is 23.8 Å². The number of rotatable bonds is 9. The standard InChI is InChI=1S/C23H35FN4O4/c24-17-4-6-18(7-5-17)26-23(31)27-20-9-8-19(32-21(20)16-29)10-12-25-22(30)11-15-28-13-2-1-3-14-28/h4-7,19-21,29H,1-3,8-16H2,(H,25,30)(H2,26,27,31)/t19-,20+,21-/m1/s1. The summed E-state index contributed by atoms with van der Waals surface area (Å²) in [4.78, 5) is 26.7. The molecule has 0 aromatic heterocycles. The molecule has 2 saturated heterocycles. The van der Waals surface area contributed by atoms with Crippen LogP contribution >= 0.6 is 0 Å². The van der Waals surface area contributed by atoms with Crippen LogP contribution in [0.2, 0.25) is 0 Å². The molecule has 2 aliphatic rings. The maximum atomic E-state index is 13.0. The molecule has 32 heavy (non-hydrogen) atoms. The number of hydrogen-bond acceptors (Lipinski definition) is 5. The zero-order chi connectivity index (χ0) is 22.8. The van der Waals surface area contributed by atoms with Crippen molar-refractivity contribution >= 4 is 17.6 Å². The molecule has 3 rings (SSSR count). The topological polar surface area (TPSA) is 103 Å². The first-order valence-corrected chi connectivity index (χ1v) is 11.6. The van der Waals surface area contributed by atoms with E-state index in [0.29, 0.717) is 31.5 Å². The summed E-state index contributed by atoms with van der Waals surface area (Å²) in [6.07, 6.45) is 5.70. The van der Waals surface area contributed by atoms with Gasteiger partial charge in [0, 0.05) is 25.2 Å². The Bertz CT molecular complexity index is 727. The van der Waals surface area contributed by atoms with Crippen molar-refractivity contribution in [3.63, 3.8) is 0 Å². The predicted octanol–water partition coefficient (Wildman–Crippen LogP) is 2.24. The molecule has 2 fully saturated rings. The number of carbonyl (C=O) groups is 2. The summed E-state index contributed by atoms with van der Waals surface area (Å²) >= 11 is 0. The molecule has 0 unspecified atom stereocenters. The molecule has 178 valence electrons. The fourth-order valence-electron chi connectivity index (χ4n) is 4.28. The third-order valence-corrected chi connectivity index (χ3v) is 6.11. The fourth-order valence-corrected chi connectivity index (χ4v) is 4.28. The number of anilines is 1. The van der Waals surface area contributed by atoms with E-state index in [4.69, 9.17) is 4.74 Å². The Hall–Kier alpha value is -2.23. The van der Waals surface area contributed by atoms with Gasteiger partial charge < -0.3 is 30.7 Å². The monoisotopic (exact) mass is 450 g/mol. The van der Waals surface area contributed by atoms with Gasteiger partial charge in [0.1, 0.15) is 11.9 Å². The molecule has 2 heterocycles. The van der Waals surface area contributed by atoms with Gasteiger partial charge in [0.05, 0.1) is 18.8 Å². The van der Waals surface area contributed by atoms with E-state index in [2.05, 4.69) is 20.9 Å². The number of halogens is 1. The van der Waals surface area contributed by atoms with Crippen LogP contribution in [0, 0.1) is 5.82 Å². The van der Waals surface area contributed by atoms with Crippen LogP contribution in [0.4, 0.5) is 14.9 Å². The zero-order valence-electron chi connectivity index (χ0n) is 18.5. The Labute approximate surface area is 188 Å². The highest BCUT2D eigenvalue weighted by Crippen LogP contribution is 2.22. The molecule has 3 atom stereocenters. The molecule has 0 aliphatic carbocycles. The average Bonchev–Trinajstić information content (AvgIpc) is 2.80. The van der Waals surface area contributed by atoms with E-state index in [1.807, 2.05) is 0 Å². The number of aliphatic hydroxyl groups is 1. The summed E-state index contributed by atoms with van der Waals surface area (Å²) in [5.41, 5.74) is 0.482. The van der Waals surface area contributed by atoms with Crippen LogP contribution in [0.1, 0.15) is 44.9 Å². The van der Waals surface area contributed by atoms with Gasteiger partial charge in [-0.2, -0.15) is 0 Å². The minimum absolute atomic E-state index is 0.0575. The predicted molar refractivity (Wildman–Crippen MR) is 120 cm³/mol.